The Bertz CT molecular complexity index is 417. The van der Waals surface area contributed by atoms with Gasteiger partial charge in [0.25, 0.3) is 0 Å². The van der Waals surface area contributed by atoms with Gasteiger partial charge in [0.15, 0.2) is 0 Å². The van der Waals surface area contributed by atoms with Crippen LogP contribution >= 0.6 is 0 Å². The Morgan fingerprint density at radius 2 is 2.17 bits per heavy atom. The molecule has 3 N–H and O–H groups in total. The van der Waals surface area contributed by atoms with E-state index in [-0.39, 0.29) is 18.1 Å². The van der Waals surface area contributed by atoms with Crippen molar-refractivity contribution in [1.29, 1.82) is 0 Å². The lowest BCUT2D eigenvalue weighted by Gasteiger charge is -2.17. The maximum absolute atomic E-state index is 12.0. The number of hydrogen-bond donors (Lipinski definition) is 2. The summed E-state index contributed by atoms with van der Waals surface area (Å²) >= 11 is 0. The number of nitrogens with two attached hydrogens (primary N) is 1. The number of carbonyl (C=O) groups excluding carboxylic acids is 1. The molecular weight excluding hydrogens is 242 g/mol. The number of hydrogen-bond acceptors (Lipinski definition) is 3. The van der Waals surface area contributed by atoms with E-state index in [2.05, 4.69) is 10.1 Å². The van der Waals surface area contributed by atoms with Gasteiger partial charge in [-0.15, -0.1) is 0 Å². The van der Waals surface area contributed by atoms with E-state index in [4.69, 9.17) is 5.73 Å². The summed E-state index contributed by atoms with van der Waals surface area (Å²) in [5, 5.41) is 2.57. The fourth-order valence-electron chi connectivity index (χ4n) is 1.37. The Balaban J connectivity index is 2.65. The van der Waals surface area contributed by atoms with Crippen molar-refractivity contribution in [3.8, 4) is 5.75 Å². The highest BCUT2D eigenvalue weighted by molar-refractivity contribution is 5.91. The molecule has 100 valence electrons. The average molecular weight is 258 g/mol. The molecule has 4 nitrogen and oxygen atoms in total. The highest BCUT2D eigenvalue weighted by Gasteiger charge is 2.16. The molecule has 0 aliphatic heterocycles. The first-order chi connectivity index (χ1) is 8.26. The Labute approximate surface area is 104 Å². The number of rotatable bonds is 5. The molecule has 6 heteroatoms. The quantitative estimate of drug-likeness (QED) is 0.852. The Hall–Kier alpha value is -1.69. The number of anilines is 1. The summed E-state index contributed by atoms with van der Waals surface area (Å²) in [7, 11) is 0. The zero-order valence-electron chi connectivity index (χ0n) is 10.2. The minimum Gasteiger partial charge on any atom is -0.435 e. The van der Waals surface area contributed by atoms with Gasteiger partial charge in [0.2, 0.25) is 5.91 Å². The second kappa shape index (κ2) is 5.77. The van der Waals surface area contributed by atoms with Gasteiger partial charge < -0.3 is 15.8 Å². The van der Waals surface area contributed by atoms with Crippen molar-refractivity contribution in [2.24, 2.45) is 5.73 Å². The van der Waals surface area contributed by atoms with Crippen molar-refractivity contribution in [2.75, 3.05) is 5.32 Å². The van der Waals surface area contributed by atoms with Gasteiger partial charge in [-0.1, -0.05) is 6.07 Å². The van der Waals surface area contributed by atoms with Gasteiger partial charge in [0, 0.05) is 23.7 Å². The number of benzene rings is 1. The molecule has 0 aliphatic carbocycles. The van der Waals surface area contributed by atoms with Gasteiger partial charge in [0.05, 0.1) is 0 Å². The van der Waals surface area contributed by atoms with E-state index < -0.39 is 12.2 Å². The smallest absolute Gasteiger partial charge is 0.387 e. The van der Waals surface area contributed by atoms with E-state index in [1.807, 2.05) is 0 Å². The monoisotopic (exact) mass is 258 g/mol. The van der Waals surface area contributed by atoms with Crippen LogP contribution in [0.15, 0.2) is 24.3 Å². The van der Waals surface area contributed by atoms with Gasteiger partial charge in [0.1, 0.15) is 5.75 Å². The molecular formula is C12H16F2N2O2. The lowest BCUT2D eigenvalue weighted by atomic mass is 10.0. The third-order valence-electron chi connectivity index (χ3n) is 1.96. The van der Waals surface area contributed by atoms with Crippen LogP contribution in [0.5, 0.6) is 5.75 Å². The molecule has 0 aliphatic rings. The second-order valence-electron chi connectivity index (χ2n) is 4.62. The van der Waals surface area contributed by atoms with Crippen LogP contribution in [0, 0.1) is 0 Å². The number of alkyl halides is 2. The molecule has 0 bridgehead atoms. The van der Waals surface area contributed by atoms with Crippen LogP contribution in [0.3, 0.4) is 0 Å². The Morgan fingerprint density at radius 1 is 1.50 bits per heavy atom. The highest BCUT2D eigenvalue weighted by Crippen LogP contribution is 2.19. The normalized spacial score (nSPS) is 11.4. The number of nitrogens with one attached hydrogen (secondary N) is 1. The predicted molar refractivity (Wildman–Crippen MR) is 64.6 cm³/mol. The molecule has 0 aromatic heterocycles. The van der Waals surface area contributed by atoms with E-state index in [0.29, 0.717) is 5.69 Å². The molecule has 0 saturated carbocycles. The number of amides is 1. The van der Waals surface area contributed by atoms with E-state index in [1.165, 1.54) is 18.2 Å². The molecule has 1 amide bonds. The molecule has 0 radical (unpaired) electrons. The Morgan fingerprint density at radius 3 is 2.72 bits per heavy atom. The van der Waals surface area contributed by atoms with Crippen LogP contribution in [0.4, 0.5) is 14.5 Å². The molecule has 0 heterocycles. The molecule has 0 saturated heterocycles. The van der Waals surface area contributed by atoms with Crippen molar-refractivity contribution in [3.05, 3.63) is 24.3 Å². The SMILES string of the molecule is CC(C)(N)CC(=O)Nc1cccc(OC(F)F)c1. The summed E-state index contributed by atoms with van der Waals surface area (Å²) in [6.07, 6.45) is 0.132. The summed E-state index contributed by atoms with van der Waals surface area (Å²) in [5.41, 5.74) is 5.47. The highest BCUT2D eigenvalue weighted by atomic mass is 19.3. The van der Waals surface area contributed by atoms with Crippen LogP contribution in [0.25, 0.3) is 0 Å². The molecule has 1 aromatic carbocycles. The minimum atomic E-state index is -2.89. The van der Waals surface area contributed by atoms with E-state index in [1.54, 1.807) is 19.9 Å². The van der Waals surface area contributed by atoms with Crippen molar-refractivity contribution >= 4 is 11.6 Å². The first-order valence-corrected chi connectivity index (χ1v) is 5.40. The Kier molecular flexibility index (Phi) is 4.61. The van der Waals surface area contributed by atoms with Gasteiger partial charge in [-0.25, -0.2) is 0 Å². The molecule has 1 aromatic rings. The second-order valence-corrected chi connectivity index (χ2v) is 4.62. The van der Waals surface area contributed by atoms with Crippen LogP contribution in [-0.4, -0.2) is 18.1 Å². The number of ether oxygens (including phenoxy) is 1. The molecule has 0 spiro atoms. The zero-order valence-corrected chi connectivity index (χ0v) is 10.2. The van der Waals surface area contributed by atoms with Crippen molar-refractivity contribution in [2.45, 2.75) is 32.4 Å². The fourth-order valence-corrected chi connectivity index (χ4v) is 1.37. The van der Waals surface area contributed by atoms with Crippen LogP contribution in [0.2, 0.25) is 0 Å². The van der Waals surface area contributed by atoms with Crippen LogP contribution < -0.4 is 15.8 Å². The third-order valence-corrected chi connectivity index (χ3v) is 1.96. The first-order valence-electron chi connectivity index (χ1n) is 5.40. The fraction of sp³-hybridized carbons (Fsp3) is 0.417. The van der Waals surface area contributed by atoms with Crippen molar-refractivity contribution in [1.82, 2.24) is 0 Å². The van der Waals surface area contributed by atoms with Gasteiger partial charge >= 0.3 is 6.61 Å². The summed E-state index contributed by atoms with van der Waals surface area (Å²) < 4.78 is 28.3. The molecule has 1 rings (SSSR count). The predicted octanol–water partition coefficient (Wildman–Crippen LogP) is 2.35. The maximum atomic E-state index is 12.0. The number of carbonyl (C=O) groups is 1. The van der Waals surface area contributed by atoms with Crippen LogP contribution in [-0.2, 0) is 4.79 Å². The third kappa shape index (κ3) is 5.58. The minimum absolute atomic E-state index is 0.00481. The molecule has 0 atom stereocenters. The molecule has 18 heavy (non-hydrogen) atoms. The number of halogens is 2. The zero-order chi connectivity index (χ0) is 13.8. The van der Waals surface area contributed by atoms with E-state index in [9.17, 15) is 13.6 Å². The van der Waals surface area contributed by atoms with E-state index >= 15 is 0 Å². The van der Waals surface area contributed by atoms with E-state index in [0.717, 1.165) is 0 Å². The average Bonchev–Trinajstić information content (AvgIpc) is 2.13. The lowest BCUT2D eigenvalue weighted by Crippen LogP contribution is -2.36. The molecule has 0 unspecified atom stereocenters. The summed E-state index contributed by atoms with van der Waals surface area (Å²) in [4.78, 5) is 11.6. The summed E-state index contributed by atoms with van der Waals surface area (Å²) in [6, 6.07) is 5.81. The largest absolute Gasteiger partial charge is 0.435 e. The summed E-state index contributed by atoms with van der Waals surface area (Å²) in [5.74, 6) is -0.286. The lowest BCUT2D eigenvalue weighted by molar-refractivity contribution is -0.117. The maximum Gasteiger partial charge on any atom is 0.387 e. The van der Waals surface area contributed by atoms with Crippen molar-refractivity contribution < 1.29 is 18.3 Å². The van der Waals surface area contributed by atoms with Crippen molar-refractivity contribution in [3.63, 3.8) is 0 Å². The van der Waals surface area contributed by atoms with Crippen LogP contribution in [0.1, 0.15) is 20.3 Å². The topological polar surface area (TPSA) is 64.4 Å². The standard InChI is InChI=1S/C12H16F2N2O2/c1-12(2,15)7-10(17)16-8-4-3-5-9(6-8)18-11(13)14/h3-6,11H,7,15H2,1-2H3,(H,16,17). The van der Waals surface area contributed by atoms with Gasteiger partial charge in [-0.05, 0) is 26.0 Å². The molecule has 0 fully saturated rings. The first kappa shape index (κ1) is 14.4. The van der Waals surface area contributed by atoms with Gasteiger partial charge in [-0.2, -0.15) is 8.78 Å². The van der Waals surface area contributed by atoms with Gasteiger partial charge in [-0.3, -0.25) is 4.79 Å². The summed E-state index contributed by atoms with van der Waals surface area (Å²) in [6.45, 7) is 0.560.